The van der Waals surface area contributed by atoms with Gasteiger partial charge >= 0.3 is 0 Å². The molecule has 2 aliphatic rings. The van der Waals surface area contributed by atoms with Crippen LogP contribution in [0.2, 0.25) is 5.02 Å². The van der Waals surface area contributed by atoms with Crippen molar-refractivity contribution in [2.75, 3.05) is 19.5 Å². The molecule has 2 fully saturated rings. The number of H-pyrrole nitrogens is 1. The maximum Gasteiger partial charge on any atom is 0.296 e. The molecular formula is C25H21ClFN4O5S-. The molecule has 2 aromatic heterocycles. The highest BCUT2D eigenvalue weighted by molar-refractivity contribution is 7.74. The number of imidazole rings is 1. The van der Waals surface area contributed by atoms with Crippen LogP contribution < -0.4 is 4.74 Å². The summed E-state index contributed by atoms with van der Waals surface area (Å²) in [5, 5.41) is 10.3. The van der Waals surface area contributed by atoms with Crippen LogP contribution in [0, 0.1) is 5.82 Å². The number of halogens is 2. The lowest BCUT2D eigenvalue weighted by molar-refractivity contribution is 0.00706. The van der Waals surface area contributed by atoms with Crippen molar-refractivity contribution < 1.29 is 27.9 Å². The van der Waals surface area contributed by atoms with Crippen molar-refractivity contribution in [3.05, 3.63) is 59.4 Å². The molecule has 0 bridgehead atoms. The molecule has 0 amide bonds. The molecule has 9 nitrogen and oxygen atoms in total. The number of aromatic nitrogens is 3. The molecule has 4 aromatic rings. The smallest absolute Gasteiger partial charge is 0.296 e. The van der Waals surface area contributed by atoms with Gasteiger partial charge in [0.15, 0.2) is 11.8 Å². The molecule has 0 unspecified atom stereocenters. The fourth-order valence-corrected chi connectivity index (χ4v) is 5.25. The van der Waals surface area contributed by atoms with Crippen LogP contribution in [-0.2, 0) is 24.3 Å². The van der Waals surface area contributed by atoms with E-state index in [4.69, 9.17) is 25.8 Å². The number of rotatable bonds is 5. The van der Waals surface area contributed by atoms with Gasteiger partial charge in [-0.15, -0.1) is 6.26 Å². The van der Waals surface area contributed by atoms with Crippen LogP contribution in [0.5, 0.6) is 6.01 Å². The maximum absolute atomic E-state index is 14.4. The Hall–Kier alpha value is -3.09. The molecule has 0 saturated carbocycles. The largest absolute Gasteiger partial charge is 0.456 e. The number of pyridine rings is 1. The van der Waals surface area contributed by atoms with E-state index in [1.807, 2.05) is 24.3 Å². The van der Waals surface area contributed by atoms with Gasteiger partial charge in [-0.05, 0) is 29.3 Å². The van der Waals surface area contributed by atoms with Gasteiger partial charge < -0.3 is 32.9 Å². The Morgan fingerprint density at radius 2 is 1.81 bits per heavy atom. The number of aliphatic hydroxyl groups is 1. The lowest BCUT2D eigenvalue weighted by Crippen LogP contribution is -2.34. The summed E-state index contributed by atoms with van der Waals surface area (Å²) >= 11 is 6.54. The van der Waals surface area contributed by atoms with Crippen molar-refractivity contribution in [1.82, 2.24) is 15.0 Å². The number of aromatic amines is 1. The van der Waals surface area contributed by atoms with Gasteiger partial charge in [0.1, 0.15) is 24.1 Å². The highest BCUT2D eigenvalue weighted by Crippen LogP contribution is 2.33. The topological polar surface area (TPSA) is 119 Å². The standard InChI is InChI=1S/C25H21ClFN4O5S/c1-37(33)31-17-7-6-14(8-16(17)27)12-2-4-13(5-3-12)21-15(26)9-18-24(29-21)30-25(28-18)36-20-11-35-22-19(32)10-34-23(20)22/h2-9,19-20,22-23,32H,10-11H2,1H3,(H,28,29,30)/q-1/t19-,20-,22-,23-/m1/s1. The number of aliphatic hydroxyl groups excluding tert-OH is 1. The van der Waals surface area contributed by atoms with Crippen molar-refractivity contribution in [2.45, 2.75) is 24.4 Å². The van der Waals surface area contributed by atoms with E-state index in [0.29, 0.717) is 27.4 Å². The lowest BCUT2D eigenvalue weighted by Gasteiger charge is -2.15. The Morgan fingerprint density at radius 1 is 1.08 bits per heavy atom. The van der Waals surface area contributed by atoms with Gasteiger partial charge in [0, 0.05) is 5.56 Å². The average Bonchev–Trinajstić information content (AvgIpc) is 3.56. The third-order valence-electron chi connectivity index (χ3n) is 6.32. The zero-order valence-electron chi connectivity index (χ0n) is 19.4. The second-order valence-corrected chi connectivity index (χ2v) is 10.2. The monoisotopic (exact) mass is 543 g/mol. The summed E-state index contributed by atoms with van der Waals surface area (Å²) in [4.78, 5) is 12.1. The molecule has 192 valence electrons. The minimum atomic E-state index is -1.49. The first-order valence-corrected chi connectivity index (χ1v) is 13.3. The summed E-state index contributed by atoms with van der Waals surface area (Å²) in [6, 6.07) is 13.9. The molecule has 4 heterocycles. The van der Waals surface area contributed by atoms with Crippen molar-refractivity contribution in [2.24, 2.45) is 4.36 Å². The van der Waals surface area contributed by atoms with Crippen LogP contribution in [0.4, 0.5) is 10.1 Å². The molecular weight excluding hydrogens is 523 g/mol. The van der Waals surface area contributed by atoms with Gasteiger partial charge in [0.2, 0.25) is 0 Å². The fraction of sp³-hybridized carbons (Fsp3) is 0.280. The summed E-state index contributed by atoms with van der Waals surface area (Å²) in [6.45, 7) is 0.500. The van der Waals surface area contributed by atoms with Crippen molar-refractivity contribution in [3.63, 3.8) is 0 Å². The van der Waals surface area contributed by atoms with Crippen molar-refractivity contribution >= 4 is 39.0 Å². The number of ether oxygens (including phenoxy) is 3. The molecule has 4 atom stereocenters. The molecule has 37 heavy (non-hydrogen) atoms. The fourth-order valence-electron chi connectivity index (χ4n) is 4.56. The molecule has 2 N–H and O–H groups in total. The Balaban J connectivity index is 1.24. The Morgan fingerprint density at radius 3 is 2.57 bits per heavy atom. The summed E-state index contributed by atoms with van der Waals surface area (Å²) in [5.74, 6) is -0.543. The predicted octanol–water partition coefficient (Wildman–Crippen LogP) is 4.40. The van der Waals surface area contributed by atoms with Crippen molar-refractivity contribution in [1.29, 1.82) is 0 Å². The second kappa shape index (κ2) is 9.66. The number of hydrogen-bond acceptors (Lipinski definition) is 9. The van der Waals surface area contributed by atoms with E-state index in [2.05, 4.69) is 19.3 Å². The van der Waals surface area contributed by atoms with Crippen LogP contribution in [0.15, 0.2) is 52.9 Å². The zero-order chi connectivity index (χ0) is 25.7. The van der Waals surface area contributed by atoms with E-state index >= 15 is 0 Å². The zero-order valence-corrected chi connectivity index (χ0v) is 21.0. The van der Waals surface area contributed by atoms with E-state index in [9.17, 15) is 13.7 Å². The van der Waals surface area contributed by atoms with Gasteiger partial charge in [0.05, 0.1) is 35.1 Å². The van der Waals surface area contributed by atoms with E-state index in [1.54, 1.807) is 12.1 Å². The van der Waals surface area contributed by atoms with Gasteiger partial charge in [0.25, 0.3) is 6.01 Å². The SMILES string of the molecule is C[S-](=O)=Nc1ccc(-c2ccc(-c3nc4nc(O[C@@H]5CO[C@H]6[C@@H]5OC[C@H]6O)[nH]c4cc3Cl)cc2)cc1F. The van der Waals surface area contributed by atoms with E-state index < -0.39 is 34.7 Å². The predicted molar refractivity (Wildman–Crippen MR) is 136 cm³/mol. The Kier molecular flexibility index (Phi) is 6.33. The number of nitrogens with zero attached hydrogens (tertiary/aromatic N) is 3. The first-order chi connectivity index (χ1) is 17.9. The number of nitrogens with one attached hydrogen (secondary N) is 1. The maximum atomic E-state index is 14.4. The summed E-state index contributed by atoms with van der Waals surface area (Å²) in [7, 11) is -1.49. The van der Waals surface area contributed by atoms with Gasteiger partial charge in [-0.1, -0.05) is 41.9 Å². The first kappa shape index (κ1) is 24.3. The average molecular weight is 544 g/mol. The first-order valence-electron chi connectivity index (χ1n) is 11.5. The van der Waals surface area contributed by atoms with Crippen molar-refractivity contribution in [3.8, 4) is 28.4 Å². The Bertz CT molecular complexity index is 1570. The second-order valence-electron chi connectivity index (χ2n) is 8.81. The molecule has 0 radical (unpaired) electrons. The van der Waals surface area contributed by atoms with Gasteiger partial charge in [-0.25, -0.2) is 9.37 Å². The highest BCUT2D eigenvalue weighted by Gasteiger charge is 2.48. The molecule has 0 spiro atoms. The molecule has 12 heteroatoms. The molecule has 0 aliphatic carbocycles. The minimum Gasteiger partial charge on any atom is -0.456 e. The normalized spacial score (nSPS) is 24.0. The molecule has 6 rings (SSSR count). The van der Waals surface area contributed by atoms with E-state index in [0.717, 1.165) is 11.1 Å². The highest BCUT2D eigenvalue weighted by atomic mass is 35.5. The van der Waals surface area contributed by atoms with E-state index in [-0.39, 0.29) is 31.0 Å². The van der Waals surface area contributed by atoms with Crippen LogP contribution in [0.3, 0.4) is 0 Å². The molecule has 2 aliphatic heterocycles. The lowest BCUT2D eigenvalue weighted by atomic mass is 10.0. The minimum absolute atomic E-state index is 0.0569. The van der Waals surface area contributed by atoms with Crippen LogP contribution in [0.1, 0.15) is 0 Å². The van der Waals surface area contributed by atoms with Gasteiger partial charge in [-0.2, -0.15) is 15.6 Å². The Labute approximate surface area is 217 Å². The summed E-state index contributed by atoms with van der Waals surface area (Å²) in [5.41, 5.74) is 3.84. The van der Waals surface area contributed by atoms with Crippen LogP contribution in [-0.4, -0.2) is 63.9 Å². The number of fused-ring (bicyclic) bond motifs is 2. The number of hydrogen-bond donors (Lipinski definition) is 2. The van der Waals surface area contributed by atoms with Gasteiger partial charge in [-0.3, -0.25) is 0 Å². The summed E-state index contributed by atoms with van der Waals surface area (Å²) in [6.07, 6.45) is -0.436. The molecule has 2 saturated heterocycles. The summed E-state index contributed by atoms with van der Waals surface area (Å²) < 4.78 is 46.5. The third kappa shape index (κ3) is 4.69. The third-order valence-corrected chi connectivity index (χ3v) is 7.06. The number of benzene rings is 2. The molecule has 2 aromatic carbocycles. The van der Waals surface area contributed by atoms with Crippen LogP contribution >= 0.6 is 11.6 Å². The quantitative estimate of drug-likeness (QED) is 0.358. The van der Waals surface area contributed by atoms with E-state index in [1.165, 1.54) is 18.4 Å². The van der Waals surface area contributed by atoms with Crippen LogP contribution in [0.25, 0.3) is 33.5 Å².